The maximum Gasteiger partial charge on any atom is 0.191 e. The topological polar surface area (TPSA) is 49.3 Å². The average molecular weight is 380 g/mol. The van der Waals surface area contributed by atoms with Gasteiger partial charge in [-0.3, -0.25) is 4.99 Å². The first-order chi connectivity index (χ1) is 8.10. The number of rotatable bonds is 3. The number of halogens is 1. The van der Waals surface area contributed by atoms with Crippen molar-refractivity contribution < 1.29 is 0 Å². The van der Waals surface area contributed by atoms with Gasteiger partial charge in [0.05, 0.1) is 12.2 Å². The van der Waals surface area contributed by atoms with Crippen LogP contribution in [0.1, 0.15) is 28.9 Å². The zero-order valence-electron chi connectivity index (χ0n) is 11.3. The van der Waals surface area contributed by atoms with Gasteiger partial charge >= 0.3 is 0 Å². The first kappa shape index (κ1) is 15.7. The lowest BCUT2D eigenvalue weighted by atomic mass is 10.4. The van der Waals surface area contributed by atoms with E-state index in [4.69, 9.17) is 0 Å². The minimum absolute atomic E-state index is 0. The Balaban J connectivity index is 0.00000162. The molecular formula is C12H21IN4S. The third-order valence-electron chi connectivity index (χ3n) is 3.14. The van der Waals surface area contributed by atoms with Crippen molar-refractivity contribution in [1.29, 1.82) is 0 Å². The van der Waals surface area contributed by atoms with E-state index in [-0.39, 0.29) is 24.0 Å². The lowest BCUT2D eigenvalue weighted by Crippen LogP contribution is -2.38. The quantitative estimate of drug-likeness (QED) is 0.481. The number of aromatic nitrogens is 1. The number of guanidine groups is 1. The van der Waals surface area contributed by atoms with Gasteiger partial charge in [-0.15, -0.1) is 35.3 Å². The summed E-state index contributed by atoms with van der Waals surface area (Å²) >= 11 is 1.75. The number of hydrogen-bond donors (Lipinski definition) is 2. The van der Waals surface area contributed by atoms with Gasteiger partial charge in [-0.1, -0.05) is 6.92 Å². The molecule has 0 radical (unpaired) electrons. The van der Waals surface area contributed by atoms with Gasteiger partial charge in [-0.25, -0.2) is 4.98 Å². The summed E-state index contributed by atoms with van der Waals surface area (Å²) in [5, 5.41) is 7.82. The summed E-state index contributed by atoms with van der Waals surface area (Å²) in [5.41, 5.74) is 1.13. The Hall–Kier alpha value is -0.370. The molecule has 0 aliphatic heterocycles. The third kappa shape index (κ3) is 4.08. The van der Waals surface area contributed by atoms with Gasteiger partial charge in [0, 0.05) is 18.0 Å². The highest BCUT2D eigenvalue weighted by atomic mass is 127. The Bertz CT molecular complexity index is 410. The summed E-state index contributed by atoms with van der Waals surface area (Å²) in [4.78, 5) is 10.0. The van der Waals surface area contributed by atoms with Crippen LogP contribution in [0, 0.1) is 19.8 Å². The molecule has 2 N–H and O–H groups in total. The summed E-state index contributed by atoms with van der Waals surface area (Å²) < 4.78 is 0. The maximum absolute atomic E-state index is 4.50. The molecule has 2 unspecified atom stereocenters. The third-order valence-corrected chi connectivity index (χ3v) is 4.21. The van der Waals surface area contributed by atoms with E-state index in [0.717, 1.165) is 29.1 Å². The fourth-order valence-electron chi connectivity index (χ4n) is 1.67. The Kier molecular flexibility index (Phi) is 5.84. The van der Waals surface area contributed by atoms with E-state index in [1.807, 2.05) is 6.92 Å². The first-order valence-corrected chi connectivity index (χ1v) is 6.82. The molecule has 1 aromatic heterocycles. The van der Waals surface area contributed by atoms with Gasteiger partial charge in [0.25, 0.3) is 0 Å². The van der Waals surface area contributed by atoms with Gasteiger partial charge < -0.3 is 10.6 Å². The second-order valence-corrected chi connectivity index (χ2v) is 5.93. The number of aryl methyl sites for hydroxylation is 2. The zero-order chi connectivity index (χ0) is 12.4. The average Bonchev–Trinajstić information content (AvgIpc) is 2.89. The summed E-state index contributed by atoms with van der Waals surface area (Å²) in [6, 6.07) is 0.598. The van der Waals surface area contributed by atoms with Crippen LogP contribution in [0.3, 0.4) is 0 Å². The first-order valence-electron chi connectivity index (χ1n) is 6.00. The van der Waals surface area contributed by atoms with E-state index in [9.17, 15) is 0 Å². The number of nitrogens with zero attached hydrogens (tertiary/aromatic N) is 2. The highest BCUT2D eigenvalue weighted by Crippen LogP contribution is 2.28. The van der Waals surface area contributed by atoms with Crippen molar-refractivity contribution in [2.24, 2.45) is 10.9 Å². The van der Waals surface area contributed by atoms with Gasteiger partial charge in [0.2, 0.25) is 0 Å². The molecule has 0 spiro atoms. The molecular weight excluding hydrogens is 359 g/mol. The largest absolute Gasteiger partial charge is 0.353 e. The predicted octanol–water partition coefficient (Wildman–Crippen LogP) is 2.45. The van der Waals surface area contributed by atoms with Gasteiger partial charge in [0.15, 0.2) is 5.96 Å². The Morgan fingerprint density at radius 1 is 1.50 bits per heavy atom. The molecule has 6 heteroatoms. The lowest BCUT2D eigenvalue weighted by molar-refractivity contribution is 0.761. The van der Waals surface area contributed by atoms with Crippen LogP contribution in [-0.2, 0) is 6.54 Å². The van der Waals surface area contributed by atoms with Crippen molar-refractivity contribution in [2.45, 2.75) is 39.8 Å². The van der Waals surface area contributed by atoms with Crippen LogP contribution in [0.25, 0.3) is 0 Å². The molecule has 0 amide bonds. The normalized spacial score (nSPS) is 22.3. The molecule has 0 bridgehead atoms. The molecule has 0 saturated heterocycles. The van der Waals surface area contributed by atoms with Crippen LogP contribution in [0.15, 0.2) is 4.99 Å². The maximum atomic E-state index is 4.50. The van der Waals surface area contributed by atoms with Crippen LogP contribution in [0.4, 0.5) is 0 Å². The highest BCUT2D eigenvalue weighted by Gasteiger charge is 2.33. The van der Waals surface area contributed by atoms with Crippen molar-refractivity contribution >= 4 is 41.3 Å². The molecule has 1 heterocycles. The van der Waals surface area contributed by atoms with Gasteiger partial charge in [-0.2, -0.15) is 0 Å². The van der Waals surface area contributed by atoms with Crippen molar-refractivity contribution in [3.8, 4) is 0 Å². The van der Waals surface area contributed by atoms with E-state index in [0.29, 0.717) is 6.04 Å². The molecule has 1 aliphatic carbocycles. The predicted molar refractivity (Wildman–Crippen MR) is 87.9 cm³/mol. The van der Waals surface area contributed by atoms with Crippen molar-refractivity contribution in [3.63, 3.8) is 0 Å². The number of thiazole rings is 1. The van der Waals surface area contributed by atoms with E-state index in [1.54, 1.807) is 18.4 Å². The fourth-order valence-corrected chi connectivity index (χ4v) is 2.54. The fraction of sp³-hybridized carbons (Fsp3) is 0.667. The Morgan fingerprint density at radius 2 is 2.17 bits per heavy atom. The summed E-state index contributed by atoms with van der Waals surface area (Å²) in [6.07, 6.45) is 1.25. The SMILES string of the molecule is CN=C(NCc1nc(C)c(C)s1)NC1CC1C.I. The number of nitrogens with one attached hydrogen (secondary N) is 2. The van der Waals surface area contributed by atoms with Crippen LogP contribution in [0.5, 0.6) is 0 Å². The molecule has 1 aliphatic rings. The van der Waals surface area contributed by atoms with E-state index >= 15 is 0 Å². The van der Waals surface area contributed by atoms with E-state index < -0.39 is 0 Å². The summed E-state index contributed by atoms with van der Waals surface area (Å²) in [6.45, 7) is 7.16. The number of hydrogen-bond acceptors (Lipinski definition) is 3. The molecule has 0 aromatic carbocycles. The molecule has 1 saturated carbocycles. The van der Waals surface area contributed by atoms with Gasteiger partial charge in [-0.05, 0) is 26.2 Å². The summed E-state index contributed by atoms with van der Waals surface area (Å²) in [5.74, 6) is 1.66. The van der Waals surface area contributed by atoms with E-state index in [2.05, 4.69) is 34.5 Å². The minimum atomic E-state index is 0. The van der Waals surface area contributed by atoms with Gasteiger partial charge in [0.1, 0.15) is 5.01 Å². The molecule has 102 valence electrons. The molecule has 2 atom stereocenters. The second kappa shape index (κ2) is 6.70. The van der Waals surface area contributed by atoms with Crippen LogP contribution in [-0.4, -0.2) is 24.0 Å². The molecule has 4 nitrogen and oxygen atoms in total. The van der Waals surface area contributed by atoms with Crippen LogP contribution in [0.2, 0.25) is 0 Å². The second-order valence-electron chi connectivity index (χ2n) is 4.64. The van der Waals surface area contributed by atoms with Crippen molar-refractivity contribution in [2.75, 3.05) is 7.05 Å². The number of aliphatic imine (C=N–C) groups is 1. The summed E-state index contributed by atoms with van der Waals surface area (Å²) in [7, 11) is 1.81. The van der Waals surface area contributed by atoms with Crippen molar-refractivity contribution in [3.05, 3.63) is 15.6 Å². The van der Waals surface area contributed by atoms with E-state index in [1.165, 1.54) is 11.3 Å². The Labute approximate surface area is 130 Å². The molecule has 18 heavy (non-hydrogen) atoms. The Morgan fingerprint density at radius 3 is 2.61 bits per heavy atom. The zero-order valence-corrected chi connectivity index (χ0v) is 14.4. The molecule has 2 rings (SSSR count). The van der Waals surface area contributed by atoms with Crippen LogP contribution >= 0.6 is 35.3 Å². The van der Waals surface area contributed by atoms with Crippen molar-refractivity contribution in [1.82, 2.24) is 15.6 Å². The molecule has 1 aromatic rings. The monoisotopic (exact) mass is 380 g/mol. The molecule has 1 fully saturated rings. The minimum Gasteiger partial charge on any atom is -0.353 e. The highest BCUT2D eigenvalue weighted by molar-refractivity contribution is 14.0. The van der Waals surface area contributed by atoms with Crippen LogP contribution < -0.4 is 10.6 Å². The lowest BCUT2D eigenvalue weighted by Gasteiger charge is -2.09. The standard InChI is InChI=1S/C12H20N4S.HI/c1-7-5-10(7)16-12(13-4)14-6-11-15-8(2)9(3)17-11;/h7,10H,5-6H2,1-4H3,(H2,13,14,16);1H. The smallest absolute Gasteiger partial charge is 0.191 e.